The molecule has 0 radical (unpaired) electrons. The molecule has 2 rings (SSSR count). The van der Waals surface area contributed by atoms with Crippen LogP contribution >= 0.6 is 0 Å². The molecule has 0 saturated heterocycles. The van der Waals surface area contributed by atoms with Gasteiger partial charge in [0.1, 0.15) is 11.6 Å². The van der Waals surface area contributed by atoms with Gasteiger partial charge in [0.2, 0.25) is 5.88 Å². The summed E-state index contributed by atoms with van der Waals surface area (Å²) in [6.45, 7) is 1.64. The lowest BCUT2D eigenvalue weighted by Gasteiger charge is -2.07. The number of ether oxygens (including phenoxy) is 1. The van der Waals surface area contributed by atoms with Gasteiger partial charge in [-0.2, -0.15) is 0 Å². The minimum Gasteiger partial charge on any atom is -0.438 e. The molecule has 4 heteroatoms. The highest BCUT2D eigenvalue weighted by Crippen LogP contribution is 2.23. The van der Waals surface area contributed by atoms with Crippen LogP contribution in [0.1, 0.15) is 15.9 Å². The van der Waals surface area contributed by atoms with Crippen LogP contribution in [0.5, 0.6) is 11.6 Å². The van der Waals surface area contributed by atoms with Gasteiger partial charge in [0.15, 0.2) is 6.29 Å². The fourth-order valence-electron chi connectivity index (χ4n) is 1.37. The molecule has 0 aliphatic heterocycles. The second kappa shape index (κ2) is 4.74. The molecule has 0 aliphatic carbocycles. The Kier molecular flexibility index (Phi) is 3.14. The Balaban J connectivity index is 2.31. The smallest absolute Gasteiger partial charge is 0.229 e. The Morgan fingerprint density at radius 1 is 1.35 bits per heavy atom. The Labute approximate surface area is 97.9 Å². The maximum atomic E-state index is 13.1. The monoisotopic (exact) mass is 231 g/mol. The van der Waals surface area contributed by atoms with Crippen LogP contribution in [0.3, 0.4) is 0 Å². The number of hydrogen-bond donors (Lipinski definition) is 0. The topological polar surface area (TPSA) is 39.2 Å². The van der Waals surface area contributed by atoms with E-state index in [0.717, 1.165) is 0 Å². The van der Waals surface area contributed by atoms with Crippen LogP contribution < -0.4 is 4.74 Å². The van der Waals surface area contributed by atoms with Crippen LogP contribution in [-0.4, -0.2) is 11.3 Å². The predicted molar refractivity (Wildman–Crippen MR) is 60.8 cm³/mol. The first-order chi connectivity index (χ1) is 8.20. The lowest BCUT2D eigenvalue weighted by atomic mass is 10.2. The molecule has 2 aromatic rings. The molecule has 0 aliphatic rings. The van der Waals surface area contributed by atoms with Gasteiger partial charge in [-0.1, -0.05) is 0 Å². The third-order valence-corrected chi connectivity index (χ3v) is 2.27. The summed E-state index contributed by atoms with van der Waals surface area (Å²) in [5.41, 5.74) is 0.834. The fourth-order valence-corrected chi connectivity index (χ4v) is 1.37. The molecule has 1 aromatic heterocycles. The number of carbonyl (C=O) groups is 1. The second-order valence-corrected chi connectivity index (χ2v) is 3.53. The molecule has 17 heavy (non-hydrogen) atoms. The molecule has 1 aromatic carbocycles. The van der Waals surface area contributed by atoms with Crippen molar-refractivity contribution in [1.29, 1.82) is 0 Å². The van der Waals surface area contributed by atoms with Crippen molar-refractivity contribution in [3.05, 3.63) is 53.5 Å². The Bertz CT molecular complexity index is 555. The standard InChI is InChI=1S/C13H10FNO2/c1-9-7-11(4-5-12(9)14)17-13-10(8-16)3-2-6-15-13/h2-8H,1H3. The minimum absolute atomic E-state index is 0.216. The second-order valence-electron chi connectivity index (χ2n) is 3.53. The molecule has 0 fully saturated rings. The SMILES string of the molecule is Cc1cc(Oc2ncccc2C=O)ccc1F. The van der Waals surface area contributed by atoms with Gasteiger partial charge >= 0.3 is 0 Å². The summed E-state index contributed by atoms with van der Waals surface area (Å²) < 4.78 is 18.5. The van der Waals surface area contributed by atoms with Crippen LogP contribution in [-0.2, 0) is 0 Å². The average Bonchev–Trinajstić information content (AvgIpc) is 2.34. The maximum absolute atomic E-state index is 13.1. The van der Waals surface area contributed by atoms with Crippen LogP contribution in [0.2, 0.25) is 0 Å². The van der Waals surface area contributed by atoms with E-state index in [2.05, 4.69) is 4.98 Å². The summed E-state index contributed by atoms with van der Waals surface area (Å²) in [5.74, 6) is 0.369. The van der Waals surface area contributed by atoms with Gasteiger partial charge in [-0.25, -0.2) is 9.37 Å². The summed E-state index contributed by atoms with van der Waals surface area (Å²) in [4.78, 5) is 14.7. The van der Waals surface area contributed by atoms with Gasteiger partial charge in [0.05, 0.1) is 5.56 Å². The van der Waals surface area contributed by atoms with Crippen molar-refractivity contribution in [2.24, 2.45) is 0 Å². The molecule has 0 saturated carbocycles. The van der Waals surface area contributed by atoms with E-state index in [1.54, 1.807) is 25.1 Å². The lowest BCUT2D eigenvalue weighted by Crippen LogP contribution is -1.94. The lowest BCUT2D eigenvalue weighted by molar-refractivity contribution is 0.112. The summed E-state index contributed by atoms with van der Waals surface area (Å²) in [6.07, 6.45) is 2.19. The average molecular weight is 231 g/mol. The van der Waals surface area contributed by atoms with Gasteiger partial charge in [-0.05, 0) is 42.8 Å². The summed E-state index contributed by atoms with van der Waals surface area (Å²) in [5, 5.41) is 0. The van der Waals surface area contributed by atoms with Gasteiger partial charge in [-0.3, -0.25) is 4.79 Å². The number of halogens is 1. The zero-order valence-electron chi connectivity index (χ0n) is 9.18. The number of benzene rings is 1. The van der Waals surface area contributed by atoms with Crippen LogP contribution in [0.25, 0.3) is 0 Å². The van der Waals surface area contributed by atoms with Crippen LogP contribution in [0, 0.1) is 12.7 Å². The maximum Gasteiger partial charge on any atom is 0.229 e. The van der Waals surface area contributed by atoms with Crippen LogP contribution in [0.15, 0.2) is 36.5 Å². The molecule has 3 nitrogen and oxygen atoms in total. The van der Waals surface area contributed by atoms with E-state index >= 15 is 0 Å². The summed E-state index contributed by atoms with van der Waals surface area (Å²) >= 11 is 0. The number of aldehydes is 1. The zero-order valence-corrected chi connectivity index (χ0v) is 9.18. The van der Waals surface area contributed by atoms with Crippen molar-refractivity contribution in [1.82, 2.24) is 4.98 Å². The number of aryl methyl sites for hydroxylation is 1. The van der Waals surface area contributed by atoms with Crippen molar-refractivity contribution < 1.29 is 13.9 Å². The molecule has 1 heterocycles. The third kappa shape index (κ3) is 2.47. The van der Waals surface area contributed by atoms with Crippen molar-refractivity contribution in [3.63, 3.8) is 0 Å². The number of aromatic nitrogens is 1. The highest BCUT2D eigenvalue weighted by molar-refractivity contribution is 5.78. The molecule has 0 bridgehead atoms. The van der Waals surface area contributed by atoms with Gasteiger partial charge < -0.3 is 4.74 Å². The van der Waals surface area contributed by atoms with Gasteiger partial charge in [-0.15, -0.1) is 0 Å². The van der Waals surface area contributed by atoms with E-state index in [1.807, 2.05) is 0 Å². The fraction of sp³-hybridized carbons (Fsp3) is 0.0769. The number of rotatable bonds is 3. The van der Waals surface area contributed by atoms with E-state index in [0.29, 0.717) is 23.2 Å². The first kappa shape index (κ1) is 11.3. The number of carbonyl (C=O) groups excluding carboxylic acids is 1. The third-order valence-electron chi connectivity index (χ3n) is 2.27. The summed E-state index contributed by atoms with van der Waals surface area (Å²) in [6, 6.07) is 7.61. The molecule has 0 amide bonds. The minimum atomic E-state index is -0.297. The van der Waals surface area contributed by atoms with Gasteiger partial charge in [0.25, 0.3) is 0 Å². The Morgan fingerprint density at radius 3 is 2.88 bits per heavy atom. The van der Waals surface area contributed by atoms with Crippen molar-refractivity contribution in [2.45, 2.75) is 6.92 Å². The Morgan fingerprint density at radius 2 is 2.18 bits per heavy atom. The first-order valence-corrected chi connectivity index (χ1v) is 5.05. The first-order valence-electron chi connectivity index (χ1n) is 5.05. The molecule has 0 N–H and O–H groups in total. The largest absolute Gasteiger partial charge is 0.438 e. The van der Waals surface area contributed by atoms with E-state index in [9.17, 15) is 9.18 Å². The molecule has 0 atom stereocenters. The predicted octanol–water partition coefficient (Wildman–Crippen LogP) is 3.13. The van der Waals surface area contributed by atoms with Crippen LogP contribution in [0.4, 0.5) is 4.39 Å². The Hall–Kier alpha value is -2.23. The normalized spacial score (nSPS) is 10.0. The molecule has 0 unspecified atom stereocenters. The number of hydrogen-bond acceptors (Lipinski definition) is 3. The molecular weight excluding hydrogens is 221 g/mol. The van der Waals surface area contributed by atoms with Crippen molar-refractivity contribution in [2.75, 3.05) is 0 Å². The van der Waals surface area contributed by atoms with E-state index < -0.39 is 0 Å². The summed E-state index contributed by atoms with van der Waals surface area (Å²) in [7, 11) is 0. The van der Waals surface area contributed by atoms with Gasteiger partial charge in [0, 0.05) is 6.20 Å². The highest BCUT2D eigenvalue weighted by Gasteiger charge is 2.06. The van der Waals surface area contributed by atoms with E-state index in [-0.39, 0.29) is 11.7 Å². The van der Waals surface area contributed by atoms with Crippen molar-refractivity contribution >= 4 is 6.29 Å². The quantitative estimate of drug-likeness (QED) is 0.762. The highest BCUT2D eigenvalue weighted by atomic mass is 19.1. The molecule has 0 spiro atoms. The van der Waals surface area contributed by atoms with E-state index in [4.69, 9.17) is 4.74 Å². The number of pyridine rings is 1. The molecule has 86 valence electrons. The van der Waals surface area contributed by atoms with E-state index in [1.165, 1.54) is 18.3 Å². The number of nitrogens with zero attached hydrogens (tertiary/aromatic N) is 1. The molecular formula is C13H10FNO2. The van der Waals surface area contributed by atoms with Crippen molar-refractivity contribution in [3.8, 4) is 11.6 Å². The zero-order chi connectivity index (χ0) is 12.3.